The molecule has 2 aromatic heterocycles. The number of aryl methyl sites for hydroxylation is 2. The maximum absolute atomic E-state index is 11.5. The van der Waals surface area contributed by atoms with Crippen molar-refractivity contribution in [2.45, 2.75) is 18.9 Å². The Morgan fingerprint density at radius 1 is 1.39 bits per heavy atom. The Morgan fingerprint density at radius 2 is 2.17 bits per heavy atom. The summed E-state index contributed by atoms with van der Waals surface area (Å²) in [5.74, 6) is -0.327. The summed E-state index contributed by atoms with van der Waals surface area (Å²) in [7, 11) is 1.38. The first kappa shape index (κ1) is 11.9. The molecule has 0 aliphatic heterocycles. The highest BCUT2D eigenvalue weighted by Gasteiger charge is 2.26. The average Bonchev–Trinajstić information content (AvgIpc) is 2.99. The lowest BCUT2D eigenvalue weighted by molar-refractivity contribution is 0.0606. The van der Waals surface area contributed by atoms with Crippen LogP contribution in [0, 0.1) is 0 Å². The Labute approximate surface area is 113 Å². The van der Waals surface area contributed by atoms with Crippen molar-refractivity contribution in [1.82, 2.24) is 0 Å². The van der Waals surface area contributed by atoms with E-state index in [-0.39, 0.29) is 5.97 Å². The van der Waals surface area contributed by atoms with Gasteiger partial charge in [-0.05, 0) is 41.5 Å². The van der Waals surface area contributed by atoms with Gasteiger partial charge in [-0.1, -0.05) is 0 Å². The van der Waals surface area contributed by atoms with E-state index in [9.17, 15) is 9.90 Å². The Balaban J connectivity index is 2.06. The summed E-state index contributed by atoms with van der Waals surface area (Å²) in [6, 6.07) is 3.92. The van der Waals surface area contributed by atoms with Crippen LogP contribution in [0.2, 0.25) is 0 Å². The van der Waals surface area contributed by atoms with Crippen molar-refractivity contribution in [1.29, 1.82) is 0 Å². The molecule has 1 aliphatic carbocycles. The van der Waals surface area contributed by atoms with E-state index in [1.54, 1.807) is 11.3 Å². The first-order chi connectivity index (χ1) is 8.70. The molecule has 94 valence electrons. The van der Waals surface area contributed by atoms with Gasteiger partial charge < -0.3 is 9.84 Å². The van der Waals surface area contributed by atoms with Crippen molar-refractivity contribution in [3.63, 3.8) is 0 Å². The Morgan fingerprint density at radius 3 is 2.94 bits per heavy atom. The largest absolute Gasteiger partial charge is 0.465 e. The third kappa shape index (κ3) is 1.79. The molecule has 2 aromatic rings. The highest BCUT2D eigenvalue weighted by atomic mass is 32.1. The zero-order valence-electron chi connectivity index (χ0n) is 9.80. The summed E-state index contributed by atoms with van der Waals surface area (Å²) in [4.78, 5) is 14.0. The van der Waals surface area contributed by atoms with Gasteiger partial charge in [-0.2, -0.15) is 0 Å². The maximum Gasteiger partial charge on any atom is 0.348 e. The number of methoxy groups -OCH3 is 1. The first-order valence-corrected chi connectivity index (χ1v) is 7.35. The molecule has 0 saturated carbocycles. The first-order valence-electron chi connectivity index (χ1n) is 5.66. The predicted octanol–water partition coefficient (Wildman–Crippen LogP) is 2.78. The molecule has 0 fully saturated rings. The van der Waals surface area contributed by atoms with Gasteiger partial charge in [-0.15, -0.1) is 22.7 Å². The number of esters is 1. The SMILES string of the molecule is COC(=O)c1cc2c(s1)C(O)c1sccc1CC2. The topological polar surface area (TPSA) is 46.5 Å². The Hall–Kier alpha value is -1.17. The quantitative estimate of drug-likeness (QED) is 0.817. The molecule has 0 amide bonds. The molecular weight excluding hydrogens is 268 g/mol. The predicted molar refractivity (Wildman–Crippen MR) is 71.4 cm³/mol. The molecule has 1 unspecified atom stereocenters. The number of thiophene rings is 2. The minimum atomic E-state index is -0.596. The van der Waals surface area contributed by atoms with Gasteiger partial charge in [0.1, 0.15) is 11.0 Å². The second-order valence-corrected chi connectivity index (χ2v) is 6.24. The van der Waals surface area contributed by atoms with Crippen molar-refractivity contribution >= 4 is 28.6 Å². The molecule has 1 atom stereocenters. The van der Waals surface area contributed by atoms with Crippen molar-refractivity contribution in [3.8, 4) is 0 Å². The molecule has 0 bridgehead atoms. The fourth-order valence-electron chi connectivity index (χ4n) is 2.25. The standard InChI is InChI=1S/C13H12O3S2/c1-16-13(15)9-6-8-3-2-7-4-5-17-11(7)10(14)12(8)18-9/h4-6,10,14H,2-3H2,1H3. The zero-order valence-corrected chi connectivity index (χ0v) is 11.4. The number of hydrogen-bond acceptors (Lipinski definition) is 5. The fourth-order valence-corrected chi connectivity index (χ4v) is 4.40. The third-order valence-corrected chi connectivity index (χ3v) is 5.39. The lowest BCUT2D eigenvalue weighted by Crippen LogP contribution is -1.98. The molecule has 3 nitrogen and oxygen atoms in total. The third-order valence-electron chi connectivity index (χ3n) is 3.17. The van der Waals surface area contributed by atoms with Crippen molar-refractivity contribution in [2.75, 3.05) is 7.11 Å². The van der Waals surface area contributed by atoms with Crippen LogP contribution >= 0.6 is 22.7 Å². The van der Waals surface area contributed by atoms with Crippen LogP contribution in [-0.4, -0.2) is 18.2 Å². The molecule has 5 heteroatoms. The van der Waals surface area contributed by atoms with Gasteiger partial charge in [0, 0.05) is 9.75 Å². The van der Waals surface area contributed by atoms with Gasteiger partial charge in [0.05, 0.1) is 7.11 Å². The lowest BCUT2D eigenvalue weighted by atomic mass is 10.1. The highest BCUT2D eigenvalue weighted by molar-refractivity contribution is 7.14. The molecule has 1 aliphatic rings. The van der Waals surface area contributed by atoms with Gasteiger partial charge in [-0.25, -0.2) is 4.79 Å². The van der Waals surface area contributed by atoms with Crippen LogP contribution in [0.4, 0.5) is 0 Å². The summed E-state index contributed by atoms with van der Waals surface area (Å²) in [5.41, 5.74) is 2.28. The number of carbonyl (C=O) groups is 1. The van der Waals surface area contributed by atoms with Crippen LogP contribution in [-0.2, 0) is 17.6 Å². The molecule has 3 rings (SSSR count). The zero-order chi connectivity index (χ0) is 12.7. The molecule has 1 N–H and O–H groups in total. The number of rotatable bonds is 1. The van der Waals surface area contributed by atoms with Crippen molar-refractivity contribution in [2.24, 2.45) is 0 Å². The van der Waals surface area contributed by atoms with Crippen molar-refractivity contribution < 1.29 is 14.6 Å². The number of aliphatic hydroxyl groups excluding tert-OH is 1. The van der Waals surface area contributed by atoms with E-state index in [0.717, 1.165) is 28.2 Å². The van der Waals surface area contributed by atoms with E-state index in [1.807, 2.05) is 11.4 Å². The molecule has 2 heterocycles. The van der Waals surface area contributed by atoms with E-state index >= 15 is 0 Å². The van der Waals surface area contributed by atoms with Crippen LogP contribution in [0.15, 0.2) is 17.5 Å². The van der Waals surface area contributed by atoms with E-state index in [2.05, 4.69) is 6.07 Å². The summed E-state index contributed by atoms with van der Waals surface area (Å²) in [6.07, 6.45) is 1.19. The monoisotopic (exact) mass is 280 g/mol. The highest BCUT2D eigenvalue weighted by Crippen LogP contribution is 2.40. The van der Waals surface area contributed by atoms with E-state index in [4.69, 9.17) is 4.74 Å². The van der Waals surface area contributed by atoms with E-state index in [0.29, 0.717) is 4.88 Å². The van der Waals surface area contributed by atoms with Gasteiger partial charge in [0.25, 0.3) is 0 Å². The summed E-state index contributed by atoms with van der Waals surface area (Å²) in [5, 5.41) is 12.4. The van der Waals surface area contributed by atoms with Gasteiger partial charge in [0.15, 0.2) is 0 Å². The summed E-state index contributed by atoms with van der Waals surface area (Å²) < 4.78 is 4.73. The molecule has 0 radical (unpaired) electrons. The fraction of sp³-hybridized carbons (Fsp3) is 0.308. The second kappa shape index (κ2) is 4.50. The van der Waals surface area contributed by atoms with Gasteiger partial charge in [-0.3, -0.25) is 0 Å². The van der Waals surface area contributed by atoms with Gasteiger partial charge >= 0.3 is 5.97 Å². The molecule has 18 heavy (non-hydrogen) atoms. The maximum atomic E-state index is 11.5. The lowest BCUT2D eigenvalue weighted by Gasteiger charge is -2.07. The normalized spacial score (nSPS) is 17.8. The average molecular weight is 280 g/mol. The van der Waals surface area contributed by atoms with Crippen LogP contribution in [0.1, 0.15) is 36.7 Å². The minimum Gasteiger partial charge on any atom is -0.465 e. The van der Waals surface area contributed by atoms with Crippen LogP contribution in [0.25, 0.3) is 0 Å². The van der Waals surface area contributed by atoms with Gasteiger partial charge in [0.2, 0.25) is 0 Å². The van der Waals surface area contributed by atoms with Crippen LogP contribution in [0.3, 0.4) is 0 Å². The Kier molecular flexibility index (Phi) is 2.97. The number of ether oxygens (including phenoxy) is 1. The molecule has 0 aromatic carbocycles. The smallest absolute Gasteiger partial charge is 0.348 e. The molecular formula is C13H12O3S2. The summed E-state index contributed by atoms with van der Waals surface area (Å²) >= 11 is 2.91. The number of aliphatic hydroxyl groups is 1. The van der Waals surface area contributed by atoms with Crippen molar-refractivity contribution in [3.05, 3.63) is 43.3 Å². The number of fused-ring (bicyclic) bond motifs is 2. The Bertz CT molecular complexity index is 597. The van der Waals surface area contributed by atoms with E-state index < -0.39 is 6.10 Å². The molecule has 0 saturated heterocycles. The minimum absolute atomic E-state index is 0.327. The second-order valence-electron chi connectivity index (χ2n) is 4.20. The summed E-state index contributed by atoms with van der Waals surface area (Å²) in [6.45, 7) is 0. The van der Waals surface area contributed by atoms with E-state index in [1.165, 1.54) is 24.0 Å². The molecule has 0 spiro atoms. The number of hydrogen-bond donors (Lipinski definition) is 1. The van der Waals surface area contributed by atoms with Crippen LogP contribution in [0.5, 0.6) is 0 Å². The number of carbonyl (C=O) groups excluding carboxylic acids is 1. The van der Waals surface area contributed by atoms with Crippen LogP contribution < -0.4 is 0 Å².